The van der Waals surface area contributed by atoms with Crippen molar-refractivity contribution in [2.24, 2.45) is 23.2 Å². The van der Waals surface area contributed by atoms with Crippen molar-refractivity contribution in [1.82, 2.24) is 0 Å². The van der Waals surface area contributed by atoms with Crippen LogP contribution >= 0.6 is 11.6 Å². The van der Waals surface area contributed by atoms with E-state index in [1.165, 1.54) is 12.8 Å². The van der Waals surface area contributed by atoms with Gasteiger partial charge in [-0.25, -0.2) is 0 Å². The van der Waals surface area contributed by atoms with Crippen LogP contribution in [-0.2, 0) is 0 Å². The standard InChI is InChI=1S/C12H23Cl/c1-8-6-7-11(13)9(2)10(3)12(8,4)5/h8-11H,6-7H2,1-5H3/t8?,9?,10?,11-/m1/s1. The van der Waals surface area contributed by atoms with E-state index in [2.05, 4.69) is 34.6 Å². The van der Waals surface area contributed by atoms with E-state index in [0.717, 1.165) is 11.8 Å². The lowest BCUT2D eigenvalue weighted by Gasteiger charge is -2.38. The Balaban J connectivity index is 2.86. The lowest BCUT2D eigenvalue weighted by Crippen LogP contribution is -2.32. The third-order valence-electron chi connectivity index (χ3n) is 4.68. The fourth-order valence-corrected chi connectivity index (χ4v) is 2.83. The van der Waals surface area contributed by atoms with Crippen LogP contribution in [0.25, 0.3) is 0 Å². The molecular weight excluding hydrogens is 180 g/mol. The third-order valence-corrected chi connectivity index (χ3v) is 5.29. The minimum absolute atomic E-state index is 0.388. The highest BCUT2D eigenvalue weighted by Gasteiger charge is 2.39. The van der Waals surface area contributed by atoms with E-state index >= 15 is 0 Å². The van der Waals surface area contributed by atoms with Crippen molar-refractivity contribution in [1.29, 1.82) is 0 Å². The molecule has 1 aliphatic carbocycles. The van der Waals surface area contributed by atoms with Crippen LogP contribution in [0, 0.1) is 23.2 Å². The number of alkyl halides is 1. The summed E-state index contributed by atoms with van der Waals surface area (Å²) in [7, 11) is 0. The molecule has 1 rings (SSSR count). The summed E-state index contributed by atoms with van der Waals surface area (Å²) in [5.74, 6) is 2.18. The van der Waals surface area contributed by atoms with Gasteiger partial charge in [0.1, 0.15) is 0 Å². The molecule has 13 heavy (non-hydrogen) atoms. The van der Waals surface area contributed by atoms with Crippen LogP contribution in [0.15, 0.2) is 0 Å². The van der Waals surface area contributed by atoms with Crippen molar-refractivity contribution in [3.05, 3.63) is 0 Å². The maximum atomic E-state index is 6.36. The largest absolute Gasteiger partial charge is 0.123 e. The Morgan fingerprint density at radius 2 is 1.62 bits per heavy atom. The molecule has 0 aromatic carbocycles. The quantitative estimate of drug-likeness (QED) is 0.406. The van der Waals surface area contributed by atoms with Crippen LogP contribution < -0.4 is 0 Å². The monoisotopic (exact) mass is 202 g/mol. The summed E-state index contributed by atoms with van der Waals surface area (Å²) in [6.07, 6.45) is 2.48. The Morgan fingerprint density at radius 1 is 1.08 bits per heavy atom. The zero-order valence-electron chi connectivity index (χ0n) is 9.60. The van der Waals surface area contributed by atoms with E-state index < -0.39 is 0 Å². The SMILES string of the molecule is CC1C(C)C(C)(C)C(C)CC[C@H]1Cl. The highest BCUT2D eigenvalue weighted by Crippen LogP contribution is 2.46. The molecule has 1 aliphatic rings. The molecule has 0 radical (unpaired) electrons. The summed E-state index contributed by atoms with van der Waals surface area (Å²) in [5.41, 5.74) is 0.447. The summed E-state index contributed by atoms with van der Waals surface area (Å²) in [5, 5.41) is 0.388. The molecule has 0 N–H and O–H groups in total. The first kappa shape index (κ1) is 11.4. The molecule has 0 heterocycles. The van der Waals surface area contributed by atoms with Gasteiger partial charge < -0.3 is 0 Å². The second-order valence-corrected chi connectivity index (χ2v) is 6.02. The average Bonchev–Trinajstić information content (AvgIpc) is 2.13. The molecule has 1 fully saturated rings. The number of hydrogen-bond acceptors (Lipinski definition) is 0. The van der Waals surface area contributed by atoms with Crippen molar-refractivity contribution >= 4 is 11.6 Å². The van der Waals surface area contributed by atoms with Crippen molar-refractivity contribution in [3.63, 3.8) is 0 Å². The topological polar surface area (TPSA) is 0 Å². The van der Waals surface area contributed by atoms with Crippen molar-refractivity contribution in [2.45, 2.75) is 52.8 Å². The van der Waals surface area contributed by atoms with Crippen LogP contribution in [0.3, 0.4) is 0 Å². The first-order valence-corrected chi connectivity index (χ1v) is 5.95. The van der Waals surface area contributed by atoms with E-state index in [9.17, 15) is 0 Å². The van der Waals surface area contributed by atoms with Gasteiger partial charge >= 0.3 is 0 Å². The predicted octanol–water partition coefficient (Wildman–Crippen LogP) is 4.32. The van der Waals surface area contributed by atoms with Gasteiger partial charge in [0.15, 0.2) is 0 Å². The molecule has 0 amide bonds. The zero-order chi connectivity index (χ0) is 10.2. The van der Waals surface area contributed by atoms with Gasteiger partial charge in [0, 0.05) is 5.38 Å². The van der Waals surface area contributed by atoms with Gasteiger partial charge in [-0.1, -0.05) is 34.6 Å². The normalized spacial score (nSPS) is 45.7. The van der Waals surface area contributed by atoms with Crippen LogP contribution in [-0.4, -0.2) is 5.38 Å². The Hall–Kier alpha value is 0.290. The molecule has 0 aliphatic heterocycles. The lowest BCUT2D eigenvalue weighted by molar-refractivity contribution is 0.112. The Kier molecular flexibility index (Phi) is 3.33. The summed E-state index contributed by atoms with van der Waals surface area (Å²) in [6.45, 7) is 11.8. The second kappa shape index (κ2) is 3.81. The highest BCUT2D eigenvalue weighted by atomic mass is 35.5. The molecule has 0 nitrogen and oxygen atoms in total. The molecule has 0 aromatic heterocycles. The Bertz CT molecular complexity index is 174. The minimum atomic E-state index is 0.388. The molecule has 1 heteroatoms. The lowest BCUT2D eigenvalue weighted by atomic mass is 9.67. The molecule has 0 spiro atoms. The van der Waals surface area contributed by atoms with Gasteiger partial charge in [-0.15, -0.1) is 11.6 Å². The fraction of sp³-hybridized carbons (Fsp3) is 1.00. The smallest absolute Gasteiger partial charge is 0.0364 e. The second-order valence-electron chi connectivity index (χ2n) is 5.46. The third kappa shape index (κ3) is 2.03. The maximum Gasteiger partial charge on any atom is 0.0364 e. The van der Waals surface area contributed by atoms with E-state index in [1.807, 2.05) is 0 Å². The van der Waals surface area contributed by atoms with Crippen LogP contribution in [0.4, 0.5) is 0 Å². The Labute approximate surface area is 88.1 Å². The van der Waals surface area contributed by atoms with E-state index in [1.54, 1.807) is 0 Å². The average molecular weight is 203 g/mol. The van der Waals surface area contributed by atoms with Gasteiger partial charge in [-0.2, -0.15) is 0 Å². The molecule has 3 unspecified atom stereocenters. The van der Waals surface area contributed by atoms with Crippen LogP contribution in [0.2, 0.25) is 0 Å². The molecule has 0 bridgehead atoms. The van der Waals surface area contributed by atoms with Crippen molar-refractivity contribution in [3.8, 4) is 0 Å². The molecule has 78 valence electrons. The zero-order valence-corrected chi connectivity index (χ0v) is 10.4. The summed E-state index contributed by atoms with van der Waals surface area (Å²) >= 11 is 6.36. The van der Waals surface area contributed by atoms with Gasteiger partial charge in [-0.05, 0) is 36.0 Å². The van der Waals surface area contributed by atoms with Crippen LogP contribution in [0.5, 0.6) is 0 Å². The summed E-state index contributed by atoms with van der Waals surface area (Å²) < 4.78 is 0. The van der Waals surface area contributed by atoms with Gasteiger partial charge in [0.05, 0.1) is 0 Å². The molecule has 0 aromatic rings. The fourth-order valence-electron chi connectivity index (χ4n) is 2.48. The molecule has 4 atom stereocenters. The van der Waals surface area contributed by atoms with Crippen molar-refractivity contribution < 1.29 is 0 Å². The van der Waals surface area contributed by atoms with Gasteiger partial charge in [0.2, 0.25) is 0 Å². The summed E-state index contributed by atoms with van der Waals surface area (Å²) in [6, 6.07) is 0. The Morgan fingerprint density at radius 3 is 2.15 bits per heavy atom. The molecular formula is C12H23Cl. The number of hydrogen-bond donors (Lipinski definition) is 0. The van der Waals surface area contributed by atoms with E-state index in [4.69, 9.17) is 11.6 Å². The predicted molar refractivity (Wildman–Crippen MR) is 60.1 cm³/mol. The minimum Gasteiger partial charge on any atom is -0.123 e. The van der Waals surface area contributed by atoms with E-state index in [0.29, 0.717) is 16.7 Å². The first-order valence-electron chi connectivity index (χ1n) is 5.51. The van der Waals surface area contributed by atoms with E-state index in [-0.39, 0.29) is 0 Å². The van der Waals surface area contributed by atoms with Gasteiger partial charge in [0.25, 0.3) is 0 Å². The first-order chi connectivity index (χ1) is 5.87. The molecule has 1 saturated carbocycles. The van der Waals surface area contributed by atoms with Gasteiger partial charge in [-0.3, -0.25) is 0 Å². The summed E-state index contributed by atoms with van der Waals surface area (Å²) in [4.78, 5) is 0. The highest BCUT2D eigenvalue weighted by molar-refractivity contribution is 6.20. The van der Waals surface area contributed by atoms with Crippen LogP contribution in [0.1, 0.15) is 47.5 Å². The molecule has 0 saturated heterocycles. The number of rotatable bonds is 0. The van der Waals surface area contributed by atoms with Crippen molar-refractivity contribution in [2.75, 3.05) is 0 Å². The maximum absolute atomic E-state index is 6.36. The number of halogens is 1.